The Kier molecular flexibility index (Phi) is 3.69. The van der Waals surface area contributed by atoms with E-state index in [9.17, 15) is 0 Å². The summed E-state index contributed by atoms with van der Waals surface area (Å²) in [5.74, 6) is 0. The Balaban J connectivity index is 1.70. The fraction of sp³-hybridized carbons (Fsp3) is 0.133. The number of fused-ring (bicyclic) bond motifs is 8. The molecule has 0 aromatic heterocycles. The predicted octanol–water partition coefficient (Wildman–Crippen LogP) is 4.71. The van der Waals surface area contributed by atoms with Crippen molar-refractivity contribution >= 4 is 44.6 Å². The van der Waals surface area contributed by atoms with Gasteiger partial charge >= 0.3 is 0 Å². The highest BCUT2D eigenvalue weighted by Gasteiger charge is 2.36. The molecule has 0 N–H and O–H groups in total. The van der Waals surface area contributed by atoms with E-state index < -0.39 is 0 Å². The average Bonchev–Trinajstić information content (AvgIpc) is 3.10. The summed E-state index contributed by atoms with van der Waals surface area (Å²) in [5.41, 5.74) is 10.8. The molecule has 2 aliphatic rings. The lowest BCUT2D eigenvalue weighted by Crippen LogP contribution is -2.55. The summed E-state index contributed by atoms with van der Waals surface area (Å²) in [6.45, 7) is 0.304. The Morgan fingerprint density at radius 2 is 0.839 bits per heavy atom. The molecule has 0 fully saturated rings. The molecular weight excluding hydrogens is 371 g/mol. The van der Waals surface area contributed by atoms with Crippen molar-refractivity contribution in [1.82, 2.24) is 0 Å². The third-order valence-electron chi connectivity index (χ3n) is 7.60. The van der Waals surface area contributed by atoms with E-state index in [1.807, 2.05) is 0 Å². The van der Waals surface area contributed by atoms with Crippen LogP contribution in [0, 0.1) is 0 Å². The zero-order chi connectivity index (χ0) is 20.4. The molecule has 0 saturated carbocycles. The van der Waals surface area contributed by atoms with Gasteiger partial charge in [-0.25, -0.2) is 0 Å². The molecule has 31 heavy (non-hydrogen) atoms. The Morgan fingerprint density at radius 3 is 1.35 bits per heavy atom. The summed E-state index contributed by atoms with van der Waals surface area (Å²) in [5, 5.41) is 5.56. The van der Waals surface area contributed by atoms with Crippen LogP contribution in [0.2, 0.25) is 0 Å². The third-order valence-corrected chi connectivity index (χ3v) is 7.60. The van der Waals surface area contributed by atoms with E-state index in [1.54, 1.807) is 27.5 Å². The van der Waals surface area contributed by atoms with E-state index in [0.29, 0.717) is 6.71 Å². The van der Waals surface area contributed by atoms with E-state index in [-0.39, 0.29) is 0 Å². The number of benzene rings is 5. The van der Waals surface area contributed by atoms with Crippen LogP contribution >= 0.6 is 0 Å². The molecule has 0 radical (unpaired) electrons. The lowest BCUT2D eigenvalue weighted by Gasteiger charge is -2.23. The summed E-state index contributed by atoms with van der Waals surface area (Å²) in [6.07, 6.45) is 4.50. The SMILES string of the molecule is c1cc2c3c(c1)CCc1ccc4ccccc4c1B3c1c(ccc3ccccc13)CC2. The maximum Gasteiger partial charge on any atom is 0.244 e. The number of hydrogen-bond donors (Lipinski definition) is 0. The molecule has 0 aliphatic carbocycles. The average molecular weight is 394 g/mol. The summed E-state index contributed by atoms with van der Waals surface area (Å²) in [4.78, 5) is 0. The number of hydrogen-bond acceptors (Lipinski definition) is 0. The van der Waals surface area contributed by atoms with Crippen molar-refractivity contribution in [1.29, 1.82) is 0 Å². The van der Waals surface area contributed by atoms with Crippen LogP contribution in [0.3, 0.4) is 0 Å². The van der Waals surface area contributed by atoms with Crippen molar-refractivity contribution in [2.45, 2.75) is 25.7 Å². The predicted molar refractivity (Wildman–Crippen MR) is 134 cm³/mol. The first-order valence-corrected chi connectivity index (χ1v) is 11.5. The number of rotatable bonds is 0. The molecule has 0 spiro atoms. The standard InChI is InChI=1S/C30H23B/c1-3-10-26-20(6-1)12-14-24-18-16-22-8-5-9-23-17-19-25-15-13-21-7-2-4-11-27(21)30(25)31(28(22)23)29(24)26/h1-15H,16-19H2. The van der Waals surface area contributed by atoms with Gasteiger partial charge in [0.2, 0.25) is 6.71 Å². The van der Waals surface area contributed by atoms with Gasteiger partial charge in [0.1, 0.15) is 0 Å². The van der Waals surface area contributed by atoms with Crippen molar-refractivity contribution in [3.63, 3.8) is 0 Å². The van der Waals surface area contributed by atoms with Crippen LogP contribution in [0.4, 0.5) is 0 Å². The van der Waals surface area contributed by atoms with Crippen molar-refractivity contribution < 1.29 is 0 Å². The van der Waals surface area contributed by atoms with Crippen LogP contribution in [-0.2, 0) is 25.7 Å². The largest absolute Gasteiger partial charge is 0.244 e. The van der Waals surface area contributed by atoms with Crippen molar-refractivity contribution in [2.24, 2.45) is 0 Å². The van der Waals surface area contributed by atoms with Gasteiger partial charge in [-0.05, 0) is 47.2 Å². The zero-order valence-corrected chi connectivity index (χ0v) is 17.6. The summed E-state index contributed by atoms with van der Waals surface area (Å²) in [7, 11) is 0. The smallest absolute Gasteiger partial charge is 0.0623 e. The zero-order valence-electron chi connectivity index (χ0n) is 17.6. The van der Waals surface area contributed by atoms with E-state index >= 15 is 0 Å². The van der Waals surface area contributed by atoms with Gasteiger partial charge in [0.05, 0.1) is 0 Å². The molecule has 146 valence electrons. The van der Waals surface area contributed by atoms with E-state index in [4.69, 9.17) is 0 Å². The van der Waals surface area contributed by atoms with Crippen LogP contribution in [0.5, 0.6) is 0 Å². The Morgan fingerprint density at radius 1 is 0.387 bits per heavy atom. The molecule has 5 aromatic carbocycles. The fourth-order valence-electron chi connectivity index (χ4n) is 6.24. The first kappa shape index (κ1) is 17.4. The molecule has 5 aromatic rings. The van der Waals surface area contributed by atoms with Gasteiger partial charge in [-0.2, -0.15) is 0 Å². The quantitative estimate of drug-likeness (QED) is 0.334. The van der Waals surface area contributed by atoms with E-state index in [2.05, 4.69) is 91.0 Å². The highest BCUT2D eigenvalue weighted by molar-refractivity contribution is 6.99. The molecule has 0 amide bonds. The number of aryl methyl sites for hydroxylation is 4. The Hall–Kier alpha value is -3.32. The normalized spacial score (nSPS) is 14.5. The van der Waals surface area contributed by atoms with Gasteiger partial charge in [0, 0.05) is 0 Å². The summed E-state index contributed by atoms with van der Waals surface area (Å²) in [6, 6.07) is 34.5. The topological polar surface area (TPSA) is 0 Å². The van der Waals surface area contributed by atoms with E-state index in [0.717, 1.165) is 25.7 Å². The highest BCUT2D eigenvalue weighted by Crippen LogP contribution is 2.26. The molecule has 0 atom stereocenters. The van der Waals surface area contributed by atoms with Crippen molar-refractivity contribution in [2.75, 3.05) is 0 Å². The molecule has 1 heteroatoms. The van der Waals surface area contributed by atoms with Gasteiger partial charge in [-0.1, -0.05) is 130 Å². The molecule has 2 heterocycles. The van der Waals surface area contributed by atoms with Crippen LogP contribution in [0.25, 0.3) is 21.5 Å². The second-order valence-corrected chi connectivity index (χ2v) is 9.14. The minimum absolute atomic E-state index is 0.304. The molecule has 0 saturated heterocycles. The second kappa shape index (κ2) is 6.59. The first-order valence-electron chi connectivity index (χ1n) is 11.5. The first-order chi connectivity index (χ1) is 15.4. The van der Waals surface area contributed by atoms with Crippen LogP contribution in [0.1, 0.15) is 22.3 Å². The van der Waals surface area contributed by atoms with Gasteiger partial charge in [0.15, 0.2) is 0 Å². The molecular formula is C30H23B. The van der Waals surface area contributed by atoms with Gasteiger partial charge < -0.3 is 0 Å². The minimum atomic E-state index is 0.304. The Labute approximate surface area is 183 Å². The maximum absolute atomic E-state index is 2.40. The third kappa shape index (κ3) is 2.50. The fourth-order valence-corrected chi connectivity index (χ4v) is 6.24. The molecule has 7 rings (SSSR count). The summed E-state index contributed by atoms with van der Waals surface area (Å²) >= 11 is 0. The summed E-state index contributed by atoms with van der Waals surface area (Å²) < 4.78 is 0. The highest BCUT2D eigenvalue weighted by atomic mass is 14.2. The van der Waals surface area contributed by atoms with Crippen molar-refractivity contribution in [3.8, 4) is 0 Å². The Bertz CT molecular complexity index is 1380. The van der Waals surface area contributed by atoms with Crippen molar-refractivity contribution in [3.05, 3.63) is 113 Å². The van der Waals surface area contributed by atoms with Gasteiger partial charge in [-0.15, -0.1) is 0 Å². The van der Waals surface area contributed by atoms with Crippen LogP contribution in [-0.4, -0.2) is 6.71 Å². The van der Waals surface area contributed by atoms with Crippen LogP contribution in [0.15, 0.2) is 91.0 Å². The van der Waals surface area contributed by atoms with Gasteiger partial charge in [-0.3, -0.25) is 0 Å². The van der Waals surface area contributed by atoms with Gasteiger partial charge in [0.25, 0.3) is 0 Å². The second-order valence-electron chi connectivity index (χ2n) is 9.14. The maximum atomic E-state index is 2.40. The lowest BCUT2D eigenvalue weighted by atomic mass is 9.34. The molecule has 0 nitrogen and oxygen atoms in total. The molecule has 0 bridgehead atoms. The molecule has 2 aliphatic heterocycles. The van der Waals surface area contributed by atoms with Crippen LogP contribution < -0.4 is 16.4 Å². The molecule has 0 unspecified atom stereocenters. The lowest BCUT2D eigenvalue weighted by molar-refractivity contribution is 0.954. The monoisotopic (exact) mass is 394 g/mol. The minimum Gasteiger partial charge on any atom is -0.0623 e. The van der Waals surface area contributed by atoms with E-state index in [1.165, 1.54) is 32.7 Å².